The van der Waals surface area contributed by atoms with Crippen molar-refractivity contribution in [1.29, 1.82) is 0 Å². The fourth-order valence-electron chi connectivity index (χ4n) is 4.19. The van der Waals surface area contributed by atoms with Crippen LogP contribution >= 0.6 is 0 Å². The minimum Gasteiger partial charge on any atom is -0.481 e. The zero-order chi connectivity index (χ0) is 25.8. The van der Waals surface area contributed by atoms with Gasteiger partial charge in [0.05, 0.1) is 6.33 Å². The number of nitrogens with zero attached hydrogens (tertiary/aromatic N) is 4. The summed E-state index contributed by atoms with van der Waals surface area (Å²) in [5.74, 6) is -0.708. The summed E-state index contributed by atoms with van der Waals surface area (Å²) in [6, 6.07) is 7.73. The minimum absolute atomic E-state index is 0.0936. The summed E-state index contributed by atoms with van der Waals surface area (Å²) < 4.78 is 7.18. The molecule has 12 heteroatoms. The normalized spacial score (nSPS) is 21.6. The number of carboxylic acids is 1. The summed E-state index contributed by atoms with van der Waals surface area (Å²) in [5.41, 5.74) is 8.71. The number of nitrogens with one attached hydrogen (secondary N) is 1. The molecule has 3 heterocycles. The van der Waals surface area contributed by atoms with E-state index in [1.54, 1.807) is 0 Å². The third-order valence-electron chi connectivity index (χ3n) is 6.12. The quantitative estimate of drug-likeness (QED) is 0.254. The first-order valence-corrected chi connectivity index (χ1v) is 11.9. The number of ketones is 1. The van der Waals surface area contributed by atoms with Crippen molar-refractivity contribution in [2.45, 2.75) is 63.6 Å². The van der Waals surface area contributed by atoms with Gasteiger partial charge in [0.15, 0.2) is 23.5 Å². The molecule has 36 heavy (non-hydrogen) atoms. The number of nitrogen functional groups attached to an aromatic ring is 1. The molecule has 0 amide bonds. The van der Waals surface area contributed by atoms with Crippen LogP contribution in [0.25, 0.3) is 11.2 Å². The molecule has 4 rings (SSSR count). The Morgan fingerprint density at radius 1 is 1.08 bits per heavy atom. The summed E-state index contributed by atoms with van der Waals surface area (Å²) in [7, 11) is 0. The van der Waals surface area contributed by atoms with Gasteiger partial charge in [-0.15, -0.1) is 0 Å². The van der Waals surface area contributed by atoms with Gasteiger partial charge in [-0.05, 0) is 30.4 Å². The predicted octanol–water partition coefficient (Wildman–Crippen LogP) is 1.07. The van der Waals surface area contributed by atoms with Crippen LogP contribution in [0.1, 0.15) is 43.5 Å². The zero-order valence-corrected chi connectivity index (χ0v) is 19.9. The number of carboxylic acid groups (broad SMARTS) is 1. The molecule has 3 aromatic rings. The van der Waals surface area contributed by atoms with Crippen molar-refractivity contribution in [3.8, 4) is 0 Å². The van der Waals surface area contributed by atoms with Gasteiger partial charge in [-0.1, -0.05) is 31.2 Å². The molecule has 1 unspecified atom stereocenters. The van der Waals surface area contributed by atoms with Crippen LogP contribution in [0.3, 0.4) is 0 Å². The number of aromatic nitrogens is 4. The maximum atomic E-state index is 12.3. The van der Waals surface area contributed by atoms with Crippen molar-refractivity contribution >= 4 is 34.7 Å². The van der Waals surface area contributed by atoms with Gasteiger partial charge in [-0.3, -0.25) is 14.2 Å². The molecule has 1 saturated heterocycles. The van der Waals surface area contributed by atoms with E-state index in [1.807, 2.05) is 31.2 Å². The van der Waals surface area contributed by atoms with E-state index in [1.165, 1.54) is 10.9 Å². The highest BCUT2D eigenvalue weighted by molar-refractivity contribution is 5.84. The smallest absolute Gasteiger partial charge is 0.303 e. The molecular weight excluding hydrogens is 468 g/mol. The number of benzene rings is 1. The molecule has 0 radical (unpaired) electrons. The lowest BCUT2D eigenvalue weighted by molar-refractivity contribution is -0.137. The Labute approximate surface area is 207 Å². The summed E-state index contributed by atoms with van der Waals surface area (Å²) >= 11 is 0. The lowest BCUT2D eigenvalue weighted by Gasteiger charge is -2.16. The Morgan fingerprint density at radius 2 is 1.78 bits per heavy atom. The molecule has 0 aliphatic carbocycles. The second-order valence-corrected chi connectivity index (χ2v) is 8.79. The zero-order valence-electron chi connectivity index (χ0n) is 19.9. The molecule has 0 saturated carbocycles. The van der Waals surface area contributed by atoms with Gasteiger partial charge >= 0.3 is 5.97 Å². The fraction of sp³-hybridized carbons (Fsp3) is 0.458. The number of rotatable bonds is 11. The number of hydrogen-bond donors (Lipinski definition) is 5. The highest BCUT2D eigenvalue weighted by Crippen LogP contribution is 2.33. The Morgan fingerprint density at radius 3 is 2.44 bits per heavy atom. The molecule has 2 aromatic heterocycles. The predicted molar refractivity (Wildman–Crippen MR) is 130 cm³/mol. The standard InChI is InChI=1S/C24H30N6O6/c1-2-3-15(31)20-18(34)19(35)23(36-20)30-12-27-17-21(25)28-24(29-22(17)30)26-11-10-14-6-4-13(5-7-14)8-9-16(32)33/h4-7,12,18-20,23,34-35H,2-3,8-11H2,1H3,(H,32,33)(H3,25,26,28,29)/t18?,19-,20+,23+/m0/s1. The molecule has 192 valence electrons. The van der Waals surface area contributed by atoms with E-state index in [2.05, 4.69) is 20.3 Å². The Bertz CT molecular complexity index is 1230. The monoisotopic (exact) mass is 498 g/mol. The number of aliphatic hydroxyl groups is 2. The Balaban J connectivity index is 1.45. The number of ether oxygens (including phenoxy) is 1. The molecular formula is C24H30N6O6. The highest BCUT2D eigenvalue weighted by atomic mass is 16.6. The van der Waals surface area contributed by atoms with E-state index in [4.69, 9.17) is 15.6 Å². The molecule has 6 N–H and O–H groups in total. The van der Waals surface area contributed by atoms with Crippen molar-refractivity contribution < 1.29 is 29.6 Å². The third kappa shape index (κ3) is 5.45. The van der Waals surface area contributed by atoms with E-state index >= 15 is 0 Å². The van der Waals surface area contributed by atoms with Crippen LogP contribution in [0.5, 0.6) is 0 Å². The van der Waals surface area contributed by atoms with E-state index in [9.17, 15) is 19.8 Å². The fourth-order valence-corrected chi connectivity index (χ4v) is 4.19. The van der Waals surface area contributed by atoms with Gasteiger partial charge in [0.1, 0.15) is 23.8 Å². The first-order chi connectivity index (χ1) is 17.3. The van der Waals surface area contributed by atoms with Crippen LogP contribution < -0.4 is 11.1 Å². The number of Topliss-reactive ketones (excluding diaryl/α,β-unsaturated/α-hetero) is 1. The molecule has 1 fully saturated rings. The second kappa shape index (κ2) is 11.0. The topological polar surface area (TPSA) is 186 Å². The maximum Gasteiger partial charge on any atom is 0.303 e. The van der Waals surface area contributed by atoms with Crippen molar-refractivity contribution in [2.24, 2.45) is 0 Å². The summed E-state index contributed by atoms with van der Waals surface area (Å²) in [4.78, 5) is 36.0. The van der Waals surface area contributed by atoms with Crippen LogP contribution in [-0.4, -0.2) is 71.4 Å². The number of aryl methyl sites for hydroxylation is 1. The number of carbonyl (C=O) groups is 2. The van der Waals surface area contributed by atoms with Gasteiger partial charge in [0.25, 0.3) is 0 Å². The number of carbonyl (C=O) groups excluding carboxylic acids is 1. The lowest BCUT2D eigenvalue weighted by atomic mass is 10.0. The van der Waals surface area contributed by atoms with E-state index in [0.717, 1.165) is 11.1 Å². The molecule has 0 spiro atoms. The molecule has 0 bridgehead atoms. The highest BCUT2D eigenvalue weighted by Gasteiger charge is 2.47. The number of aliphatic hydroxyl groups excluding tert-OH is 2. The number of anilines is 2. The average Bonchev–Trinajstić information content (AvgIpc) is 3.40. The molecule has 12 nitrogen and oxygen atoms in total. The van der Waals surface area contributed by atoms with Crippen molar-refractivity contribution in [3.05, 3.63) is 41.7 Å². The molecule has 4 atom stereocenters. The molecule has 1 aliphatic rings. The molecule has 1 aliphatic heterocycles. The SMILES string of the molecule is CCCC(=O)[C@H]1O[C@@H](n2cnc3c(N)nc(NCCc4ccc(CCC(=O)O)cc4)nc32)[C@@H](O)C1O. The van der Waals surface area contributed by atoms with Crippen LogP contribution in [0.4, 0.5) is 11.8 Å². The van der Waals surface area contributed by atoms with Gasteiger partial charge in [-0.25, -0.2) is 4.98 Å². The average molecular weight is 499 g/mol. The van der Waals surface area contributed by atoms with Crippen LogP contribution in [-0.2, 0) is 27.2 Å². The van der Waals surface area contributed by atoms with Crippen molar-refractivity contribution in [1.82, 2.24) is 19.5 Å². The van der Waals surface area contributed by atoms with E-state index in [0.29, 0.717) is 37.0 Å². The maximum absolute atomic E-state index is 12.3. The van der Waals surface area contributed by atoms with Crippen LogP contribution in [0.15, 0.2) is 30.6 Å². The van der Waals surface area contributed by atoms with E-state index in [-0.39, 0.29) is 30.4 Å². The van der Waals surface area contributed by atoms with Crippen molar-refractivity contribution in [3.63, 3.8) is 0 Å². The number of fused-ring (bicyclic) bond motifs is 1. The third-order valence-corrected chi connectivity index (χ3v) is 6.12. The van der Waals surface area contributed by atoms with E-state index < -0.39 is 30.5 Å². The number of aliphatic carboxylic acids is 1. The van der Waals surface area contributed by atoms with Crippen LogP contribution in [0.2, 0.25) is 0 Å². The Hall–Kier alpha value is -3.61. The Kier molecular flexibility index (Phi) is 7.77. The lowest BCUT2D eigenvalue weighted by Crippen LogP contribution is -2.35. The van der Waals surface area contributed by atoms with Gasteiger partial charge < -0.3 is 31.1 Å². The summed E-state index contributed by atoms with van der Waals surface area (Å²) in [6.45, 7) is 2.35. The number of hydrogen-bond acceptors (Lipinski definition) is 10. The second-order valence-electron chi connectivity index (χ2n) is 8.79. The summed E-state index contributed by atoms with van der Waals surface area (Å²) in [6.07, 6.45) is -1.43. The minimum atomic E-state index is -1.36. The van der Waals surface area contributed by atoms with Gasteiger partial charge in [0.2, 0.25) is 5.95 Å². The number of imidazole rings is 1. The van der Waals surface area contributed by atoms with Crippen LogP contribution in [0, 0.1) is 0 Å². The molecule has 1 aromatic carbocycles. The first-order valence-electron chi connectivity index (χ1n) is 11.9. The van der Waals surface area contributed by atoms with Gasteiger partial charge in [0, 0.05) is 19.4 Å². The largest absolute Gasteiger partial charge is 0.481 e. The van der Waals surface area contributed by atoms with Gasteiger partial charge in [-0.2, -0.15) is 9.97 Å². The van der Waals surface area contributed by atoms with Crippen molar-refractivity contribution in [2.75, 3.05) is 17.6 Å². The number of nitrogens with two attached hydrogens (primary N) is 1. The first kappa shape index (κ1) is 25.5. The summed E-state index contributed by atoms with van der Waals surface area (Å²) in [5, 5.41) is 32.9.